The number of anilines is 3. The first-order valence-electron chi connectivity index (χ1n) is 10.9. The van der Waals surface area contributed by atoms with Crippen LogP contribution in [-0.2, 0) is 6.61 Å². The number of piperidine rings is 1. The van der Waals surface area contributed by atoms with Crippen molar-refractivity contribution in [3.05, 3.63) is 35.0 Å². The van der Waals surface area contributed by atoms with Crippen molar-refractivity contribution in [1.29, 1.82) is 5.26 Å². The summed E-state index contributed by atoms with van der Waals surface area (Å²) in [6.07, 6.45) is 4.98. The fourth-order valence-electron chi connectivity index (χ4n) is 5.01. The minimum absolute atomic E-state index is 0.114. The summed E-state index contributed by atoms with van der Waals surface area (Å²) >= 11 is 6.23. The van der Waals surface area contributed by atoms with Crippen LogP contribution in [-0.4, -0.2) is 54.8 Å². The van der Waals surface area contributed by atoms with Crippen LogP contribution in [0.2, 0.25) is 5.02 Å². The predicted octanol–water partition coefficient (Wildman–Crippen LogP) is 3.56. The number of halogens is 1. The number of aliphatic hydroxyl groups is 1. The summed E-state index contributed by atoms with van der Waals surface area (Å²) in [6.45, 7) is 0.744. The van der Waals surface area contributed by atoms with Gasteiger partial charge in [-0.15, -0.1) is 0 Å². The normalized spacial score (nSPS) is 22.7. The van der Waals surface area contributed by atoms with E-state index in [1.807, 2.05) is 18.2 Å². The fraction of sp³-hybridized carbons (Fsp3) is 0.455. The largest absolute Gasteiger partial charge is 0.390 e. The third kappa shape index (κ3) is 4.21. The Morgan fingerprint density at radius 3 is 2.75 bits per heavy atom. The van der Waals surface area contributed by atoms with Gasteiger partial charge in [-0.2, -0.15) is 15.3 Å². The van der Waals surface area contributed by atoms with Gasteiger partial charge in [-0.25, -0.2) is 4.98 Å². The van der Waals surface area contributed by atoms with E-state index in [0.29, 0.717) is 46.8 Å². The molecule has 1 aromatic carbocycles. The van der Waals surface area contributed by atoms with E-state index < -0.39 is 0 Å². The second kappa shape index (κ2) is 8.90. The van der Waals surface area contributed by atoms with Gasteiger partial charge in [0.15, 0.2) is 5.82 Å². The van der Waals surface area contributed by atoms with E-state index in [9.17, 15) is 5.11 Å². The Morgan fingerprint density at radius 2 is 2.03 bits per heavy atom. The molecular weight excluding hydrogens is 428 g/mol. The number of H-pyrrole nitrogens is 1. The second-order valence-electron chi connectivity index (χ2n) is 8.46. The number of fused-ring (bicyclic) bond motifs is 3. The van der Waals surface area contributed by atoms with Crippen molar-refractivity contribution in [2.45, 2.75) is 56.8 Å². The molecule has 9 nitrogen and oxygen atoms in total. The summed E-state index contributed by atoms with van der Waals surface area (Å²) in [5.41, 5.74) is 1.36. The molecule has 2 aromatic heterocycles. The highest BCUT2D eigenvalue weighted by Gasteiger charge is 2.40. The average molecular weight is 453 g/mol. The van der Waals surface area contributed by atoms with Crippen LogP contribution in [0.4, 0.5) is 17.6 Å². The Kier molecular flexibility index (Phi) is 5.83. The first-order chi connectivity index (χ1) is 15.6. The van der Waals surface area contributed by atoms with Gasteiger partial charge in [0.05, 0.1) is 23.9 Å². The van der Waals surface area contributed by atoms with Crippen LogP contribution >= 0.6 is 11.6 Å². The van der Waals surface area contributed by atoms with Gasteiger partial charge < -0.3 is 15.7 Å². The van der Waals surface area contributed by atoms with E-state index in [2.05, 4.69) is 31.8 Å². The quantitative estimate of drug-likeness (QED) is 0.428. The summed E-state index contributed by atoms with van der Waals surface area (Å²) in [6, 6.07) is 10.8. The van der Waals surface area contributed by atoms with E-state index in [-0.39, 0.29) is 12.6 Å². The number of aromatic nitrogens is 4. The van der Waals surface area contributed by atoms with Crippen molar-refractivity contribution >= 4 is 40.1 Å². The molecule has 3 atom stereocenters. The Balaban J connectivity index is 1.39. The summed E-state index contributed by atoms with van der Waals surface area (Å²) < 4.78 is 0. The van der Waals surface area contributed by atoms with Crippen LogP contribution in [0, 0.1) is 11.3 Å². The molecule has 0 unspecified atom stereocenters. The molecule has 0 spiro atoms. The van der Waals surface area contributed by atoms with Gasteiger partial charge in [0, 0.05) is 47.6 Å². The van der Waals surface area contributed by atoms with Crippen LogP contribution < -0.4 is 10.6 Å². The number of aliphatic hydroxyl groups excluding tert-OH is 1. The van der Waals surface area contributed by atoms with Crippen molar-refractivity contribution in [3.8, 4) is 6.07 Å². The maximum absolute atomic E-state index is 9.29. The highest BCUT2D eigenvalue weighted by Crippen LogP contribution is 2.37. The lowest BCUT2D eigenvalue weighted by Gasteiger charge is -2.38. The fourth-order valence-corrected chi connectivity index (χ4v) is 5.18. The van der Waals surface area contributed by atoms with Crippen molar-refractivity contribution in [2.75, 3.05) is 17.2 Å². The maximum atomic E-state index is 9.29. The average Bonchev–Trinajstić information content (AvgIpc) is 3.33. The highest BCUT2D eigenvalue weighted by molar-refractivity contribution is 6.31. The minimum atomic E-state index is -0.114. The first kappa shape index (κ1) is 20.9. The Bertz CT molecular complexity index is 1140. The highest BCUT2D eigenvalue weighted by atomic mass is 35.5. The molecule has 166 valence electrons. The van der Waals surface area contributed by atoms with Crippen molar-refractivity contribution in [1.82, 2.24) is 25.1 Å². The molecule has 2 aliphatic heterocycles. The molecule has 0 saturated carbocycles. The van der Waals surface area contributed by atoms with Gasteiger partial charge in [0.2, 0.25) is 5.95 Å². The lowest BCUT2D eigenvalue weighted by molar-refractivity contribution is 0.135. The molecule has 2 bridgehead atoms. The number of rotatable bonds is 7. The summed E-state index contributed by atoms with van der Waals surface area (Å²) in [5, 5.41) is 33.4. The number of hydrogen-bond donors (Lipinski definition) is 4. The van der Waals surface area contributed by atoms with E-state index >= 15 is 0 Å². The number of benzene rings is 1. The second-order valence-corrected chi connectivity index (χ2v) is 8.90. The molecule has 2 fully saturated rings. The number of nitriles is 1. The maximum Gasteiger partial charge on any atom is 0.225 e. The van der Waals surface area contributed by atoms with Crippen molar-refractivity contribution in [2.24, 2.45) is 0 Å². The molecule has 0 aliphatic carbocycles. The number of aromatic amines is 1. The lowest BCUT2D eigenvalue weighted by atomic mass is 9.97. The summed E-state index contributed by atoms with van der Waals surface area (Å²) in [4.78, 5) is 12.0. The molecule has 5 rings (SSSR count). The van der Waals surface area contributed by atoms with Gasteiger partial charge in [0.25, 0.3) is 0 Å². The molecule has 0 amide bonds. The monoisotopic (exact) mass is 452 g/mol. The van der Waals surface area contributed by atoms with E-state index in [0.717, 1.165) is 30.3 Å². The molecule has 2 aliphatic rings. The predicted molar refractivity (Wildman–Crippen MR) is 123 cm³/mol. The molecule has 2 saturated heterocycles. The zero-order valence-electron chi connectivity index (χ0n) is 17.6. The third-order valence-electron chi connectivity index (χ3n) is 6.41. The standard InChI is InChI=1S/C22H25ClN8O/c23-13-2-5-18-19(8-13)26-22(28-21(18)27-20-11-15(12-32)29-30-20)25-14-9-16-3-4-17(10-14)31(16)7-1-6-24/h2,5,8,11,14,16-17,32H,1,3-4,7,9-10,12H2,(H3,25,26,27,28,29,30)/t14-,16-,17+. The molecule has 0 radical (unpaired) electrons. The minimum Gasteiger partial charge on any atom is -0.390 e. The molecule has 3 aromatic rings. The molecule has 4 N–H and O–H groups in total. The smallest absolute Gasteiger partial charge is 0.225 e. The lowest BCUT2D eigenvalue weighted by Crippen LogP contribution is -2.47. The van der Waals surface area contributed by atoms with Gasteiger partial charge in [-0.05, 0) is 43.9 Å². The van der Waals surface area contributed by atoms with Crippen LogP contribution in [0.5, 0.6) is 0 Å². The van der Waals surface area contributed by atoms with Crippen LogP contribution in [0.15, 0.2) is 24.3 Å². The van der Waals surface area contributed by atoms with Crippen LogP contribution in [0.3, 0.4) is 0 Å². The van der Waals surface area contributed by atoms with E-state index in [1.54, 1.807) is 6.07 Å². The summed E-state index contributed by atoms with van der Waals surface area (Å²) in [5.74, 6) is 1.74. The summed E-state index contributed by atoms with van der Waals surface area (Å²) in [7, 11) is 0. The number of nitrogens with one attached hydrogen (secondary N) is 3. The zero-order valence-corrected chi connectivity index (χ0v) is 18.3. The third-order valence-corrected chi connectivity index (χ3v) is 6.64. The van der Waals surface area contributed by atoms with Gasteiger partial charge >= 0.3 is 0 Å². The zero-order chi connectivity index (χ0) is 22.1. The molecule has 4 heterocycles. The molecule has 32 heavy (non-hydrogen) atoms. The van der Waals surface area contributed by atoms with Crippen molar-refractivity contribution < 1.29 is 5.11 Å². The van der Waals surface area contributed by atoms with E-state index in [1.165, 1.54) is 12.8 Å². The first-order valence-corrected chi connectivity index (χ1v) is 11.3. The molecular formula is C22H25ClN8O. The number of nitrogens with zero attached hydrogens (tertiary/aromatic N) is 5. The topological polar surface area (TPSA) is 126 Å². The van der Waals surface area contributed by atoms with Crippen LogP contribution in [0.1, 0.15) is 37.8 Å². The SMILES string of the molecule is N#CCCN1[C@@H]2CC[C@H]1C[C@H](Nc1nc(Nc3cc(CO)[nH]n3)c3ccc(Cl)cc3n1)C2. The Morgan fingerprint density at radius 1 is 1.22 bits per heavy atom. The van der Waals surface area contributed by atoms with Gasteiger partial charge in [-0.1, -0.05) is 11.6 Å². The van der Waals surface area contributed by atoms with Gasteiger partial charge in [-0.3, -0.25) is 10.00 Å². The Hall–Kier alpha value is -2.93. The molecule has 10 heteroatoms. The van der Waals surface area contributed by atoms with Gasteiger partial charge in [0.1, 0.15) is 5.82 Å². The van der Waals surface area contributed by atoms with E-state index in [4.69, 9.17) is 26.8 Å². The van der Waals surface area contributed by atoms with Crippen molar-refractivity contribution in [3.63, 3.8) is 0 Å². The Labute approximate surface area is 190 Å². The number of hydrogen-bond acceptors (Lipinski definition) is 8. The van der Waals surface area contributed by atoms with Crippen LogP contribution in [0.25, 0.3) is 10.9 Å².